The van der Waals surface area contributed by atoms with Crippen molar-refractivity contribution in [2.45, 2.75) is 38.3 Å². The molecule has 1 aromatic rings. The van der Waals surface area contributed by atoms with Crippen LogP contribution in [0.5, 0.6) is 0 Å². The third kappa shape index (κ3) is 2.94. The molecule has 2 fully saturated rings. The van der Waals surface area contributed by atoms with Gasteiger partial charge in [-0.2, -0.15) is 5.10 Å². The molecule has 0 aromatic carbocycles. The summed E-state index contributed by atoms with van der Waals surface area (Å²) in [6.45, 7) is 4.96. The average Bonchev–Trinajstić information content (AvgIpc) is 2.96. The normalized spacial score (nSPS) is 25.4. The van der Waals surface area contributed by atoms with Crippen LogP contribution in [0.25, 0.3) is 0 Å². The number of hydrogen-bond donors (Lipinski definition) is 1. The van der Waals surface area contributed by atoms with Crippen LogP contribution in [0.4, 0.5) is 0 Å². The number of aromatic nitrogens is 3. The zero-order valence-electron chi connectivity index (χ0n) is 11.3. The number of nitrogens with one attached hydrogen (secondary N) is 1. The fourth-order valence-electron chi connectivity index (χ4n) is 2.73. The quantitative estimate of drug-likeness (QED) is 0.837. The molecule has 0 unspecified atom stereocenters. The van der Waals surface area contributed by atoms with Crippen LogP contribution in [-0.4, -0.2) is 51.2 Å². The summed E-state index contributed by atoms with van der Waals surface area (Å²) in [6, 6.07) is 0.554. The van der Waals surface area contributed by atoms with Crippen molar-refractivity contribution in [3.05, 3.63) is 12.7 Å². The van der Waals surface area contributed by atoms with Crippen molar-refractivity contribution in [3.8, 4) is 0 Å². The van der Waals surface area contributed by atoms with Crippen LogP contribution in [0.2, 0.25) is 0 Å². The Balaban J connectivity index is 1.43. The van der Waals surface area contributed by atoms with Crippen LogP contribution in [0, 0.1) is 5.92 Å². The lowest BCUT2D eigenvalue weighted by Crippen LogP contribution is -2.35. The van der Waals surface area contributed by atoms with Gasteiger partial charge in [-0.1, -0.05) is 0 Å². The van der Waals surface area contributed by atoms with Crippen molar-refractivity contribution in [2.75, 3.05) is 19.6 Å². The van der Waals surface area contributed by atoms with Gasteiger partial charge in [0.05, 0.1) is 0 Å². The zero-order chi connectivity index (χ0) is 13.2. The first-order valence-electron chi connectivity index (χ1n) is 7.10. The number of carbonyl (C=O) groups is 1. The highest BCUT2D eigenvalue weighted by Crippen LogP contribution is 2.31. The summed E-state index contributed by atoms with van der Waals surface area (Å²) in [6.07, 6.45) is 6.96. The molecule has 104 valence electrons. The maximum absolute atomic E-state index is 12.0. The van der Waals surface area contributed by atoms with Gasteiger partial charge in [-0.25, -0.2) is 9.67 Å². The topological polar surface area (TPSA) is 63.1 Å². The van der Waals surface area contributed by atoms with Gasteiger partial charge < -0.3 is 10.2 Å². The summed E-state index contributed by atoms with van der Waals surface area (Å²) in [5.74, 6) is 0.628. The van der Waals surface area contributed by atoms with Crippen molar-refractivity contribution in [1.82, 2.24) is 25.0 Å². The van der Waals surface area contributed by atoms with Crippen molar-refractivity contribution >= 4 is 5.91 Å². The van der Waals surface area contributed by atoms with E-state index in [0.717, 1.165) is 19.1 Å². The van der Waals surface area contributed by atoms with Gasteiger partial charge in [0.25, 0.3) is 0 Å². The largest absolute Gasteiger partial charge is 0.354 e. The van der Waals surface area contributed by atoms with Crippen LogP contribution in [0.15, 0.2) is 12.7 Å². The maximum Gasteiger partial charge on any atom is 0.244 e. The Morgan fingerprint density at radius 1 is 1.47 bits per heavy atom. The molecule has 1 saturated carbocycles. The lowest BCUT2D eigenvalue weighted by molar-refractivity contribution is -0.124. The number of nitrogens with zero attached hydrogens (tertiary/aromatic N) is 4. The SMILES string of the molecule is C[C@@H](C(=O)NC[C@H]1CCN(C2CC2)C1)n1cncn1. The molecule has 1 aromatic heterocycles. The number of likely N-dealkylation sites (tertiary alicyclic amines) is 1. The van der Waals surface area contributed by atoms with E-state index in [2.05, 4.69) is 20.3 Å². The molecular formula is C13H21N5O. The number of hydrogen-bond acceptors (Lipinski definition) is 4. The molecule has 2 heterocycles. The summed E-state index contributed by atoms with van der Waals surface area (Å²) in [5.41, 5.74) is 0. The second-order valence-electron chi connectivity index (χ2n) is 5.68. The third-order valence-electron chi connectivity index (χ3n) is 4.16. The minimum atomic E-state index is -0.288. The van der Waals surface area contributed by atoms with Gasteiger partial charge in [-0.3, -0.25) is 4.79 Å². The Morgan fingerprint density at radius 3 is 3.00 bits per heavy atom. The lowest BCUT2D eigenvalue weighted by atomic mass is 10.1. The molecule has 6 heteroatoms. The maximum atomic E-state index is 12.0. The molecule has 0 radical (unpaired) electrons. The van der Waals surface area contributed by atoms with E-state index in [-0.39, 0.29) is 11.9 Å². The molecule has 1 aliphatic heterocycles. The number of amides is 1. The molecule has 1 saturated heterocycles. The molecule has 1 amide bonds. The molecule has 0 bridgehead atoms. The summed E-state index contributed by atoms with van der Waals surface area (Å²) < 4.78 is 1.58. The van der Waals surface area contributed by atoms with E-state index in [4.69, 9.17) is 0 Å². The molecule has 1 aliphatic carbocycles. The fraction of sp³-hybridized carbons (Fsp3) is 0.769. The van der Waals surface area contributed by atoms with Crippen molar-refractivity contribution in [2.24, 2.45) is 5.92 Å². The first-order chi connectivity index (χ1) is 9.24. The predicted octanol–water partition coefficient (Wildman–Crippen LogP) is 0.440. The van der Waals surface area contributed by atoms with E-state index < -0.39 is 0 Å². The van der Waals surface area contributed by atoms with Crippen molar-refractivity contribution in [3.63, 3.8) is 0 Å². The van der Waals surface area contributed by atoms with Crippen molar-refractivity contribution < 1.29 is 4.79 Å². The van der Waals surface area contributed by atoms with E-state index >= 15 is 0 Å². The number of rotatable bonds is 5. The molecule has 1 N–H and O–H groups in total. The Morgan fingerprint density at radius 2 is 2.32 bits per heavy atom. The lowest BCUT2D eigenvalue weighted by Gasteiger charge is -2.16. The third-order valence-corrected chi connectivity index (χ3v) is 4.16. The van der Waals surface area contributed by atoms with E-state index in [9.17, 15) is 4.79 Å². The Bertz CT molecular complexity index is 428. The Labute approximate surface area is 113 Å². The Kier molecular flexibility index (Phi) is 3.50. The Hall–Kier alpha value is -1.43. The zero-order valence-corrected chi connectivity index (χ0v) is 11.3. The van der Waals surface area contributed by atoms with Gasteiger partial charge in [-0.15, -0.1) is 0 Å². The number of carbonyl (C=O) groups excluding carboxylic acids is 1. The molecule has 0 spiro atoms. The van der Waals surface area contributed by atoms with Crippen LogP contribution >= 0.6 is 0 Å². The highest BCUT2D eigenvalue weighted by molar-refractivity contribution is 5.79. The first-order valence-corrected chi connectivity index (χ1v) is 7.10. The smallest absolute Gasteiger partial charge is 0.244 e. The highest BCUT2D eigenvalue weighted by Gasteiger charge is 2.34. The van der Waals surface area contributed by atoms with E-state index in [1.807, 2.05) is 6.92 Å². The average molecular weight is 263 g/mol. The van der Waals surface area contributed by atoms with Crippen LogP contribution in [-0.2, 0) is 4.79 Å². The summed E-state index contributed by atoms with van der Waals surface area (Å²) >= 11 is 0. The van der Waals surface area contributed by atoms with E-state index in [0.29, 0.717) is 5.92 Å². The van der Waals surface area contributed by atoms with E-state index in [1.165, 1.54) is 32.1 Å². The van der Waals surface area contributed by atoms with E-state index in [1.54, 1.807) is 11.0 Å². The minimum absolute atomic E-state index is 0.0235. The van der Waals surface area contributed by atoms with Gasteiger partial charge in [-0.05, 0) is 38.6 Å². The summed E-state index contributed by atoms with van der Waals surface area (Å²) in [7, 11) is 0. The van der Waals surface area contributed by atoms with Crippen molar-refractivity contribution in [1.29, 1.82) is 0 Å². The van der Waals surface area contributed by atoms with Gasteiger partial charge in [0.1, 0.15) is 18.7 Å². The second kappa shape index (κ2) is 5.28. The highest BCUT2D eigenvalue weighted by atomic mass is 16.2. The summed E-state index contributed by atoms with van der Waals surface area (Å²) in [5, 5.41) is 7.04. The van der Waals surface area contributed by atoms with Crippen LogP contribution in [0.3, 0.4) is 0 Å². The van der Waals surface area contributed by atoms with Gasteiger partial charge in [0.2, 0.25) is 5.91 Å². The minimum Gasteiger partial charge on any atom is -0.354 e. The fourth-order valence-corrected chi connectivity index (χ4v) is 2.73. The van der Waals surface area contributed by atoms with Crippen LogP contribution < -0.4 is 5.32 Å². The first kappa shape index (κ1) is 12.6. The standard InChI is InChI=1S/C13H21N5O/c1-10(18-9-14-8-16-18)13(19)15-6-11-4-5-17(7-11)12-2-3-12/h8-12H,2-7H2,1H3,(H,15,19)/t10-,11+/m0/s1. The molecule has 2 atom stereocenters. The van der Waals surface area contributed by atoms with Gasteiger partial charge >= 0.3 is 0 Å². The second-order valence-corrected chi connectivity index (χ2v) is 5.68. The van der Waals surface area contributed by atoms with Crippen LogP contribution in [0.1, 0.15) is 32.2 Å². The summed E-state index contributed by atoms with van der Waals surface area (Å²) in [4.78, 5) is 18.4. The molecule has 3 rings (SSSR count). The molecule has 2 aliphatic rings. The molecular weight excluding hydrogens is 242 g/mol. The van der Waals surface area contributed by atoms with Gasteiger partial charge in [0.15, 0.2) is 0 Å². The van der Waals surface area contributed by atoms with Gasteiger partial charge in [0, 0.05) is 19.1 Å². The molecule has 6 nitrogen and oxygen atoms in total. The monoisotopic (exact) mass is 263 g/mol. The predicted molar refractivity (Wildman–Crippen MR) is 70.4 cm³/mol. The molecule has 19 heavy (non-hydrogen) atoms.